The van der Waals surface area contributed by atoms with E-state index in [0.717, 1.165) is 18.8 Å². The van der Waals surface area contributed by atoms with E-state index in [1.54, 1.807) is 18.2 Å². The largest absolute Gasteiger partial charge is 0.398 e. The molecule has 104 valence electrons. The molecular weight excluding hydrogens is 260 g/mol. The third-order valence-corrected chi connectivity index (χ3v) is 4.52. The highest BCUT2D eigenvalue weighted by Gasteiger charge is 2.25. The van der Waals surface area contributed by atoms with Gasteiger partial charge in [0.2, 0.25) is 0 Å². The minimum Gasteiger partial charge on any atom is -0.398 e. The molecular formula is C15H21ClN2O. The Kier molecular flexibility index (Phi) is 4.35. The lowest BCUT2D eigenvalue weighted by atomic mass is 9.79. The van der Waals surface area contributed by atoms with Gasteiger partial charge in [0.25, 0.3) is 5.91 Å². The Morgan fingerprint density at radius 2 is 2.05 bits per heavy atom. The van der Waals surface area contributed by atoms with Crippen molar-refractivity contribution in [2.24, 2.45) is 11.8 Å². The van der Waals surface area contributed by atoms with Gasteiger partial charge in [-0.1, -0.05) is 25.4 Å². The smallest absolute Gasteiger partial charge is 0.251 e. The standard InChI is InChI=1S/C15H21ClN2O/c1-9-3-5-12(7-10(9)2)18-15(19)11-4-6-14(17)13(16)8-11/h4,6,8-10,12H,3,5,7,17H2,1-2H3,(H,18,19). The second kappa shape index (κ2) is 5.83. The van der Waals surface area contributed by atoms with Gasteiger partial charge < -0.3 is 11.1 Å². The van der Waals surface area contributed by atoms with Crippen LogP contribution in [0.15, 0.2) is 18.2 Å². The summed E-state index contributed by atoms with van der Waals surface area (Å²) in [5.74, 6) is 1.35. The lowest BCUT2D eigenvalue weighted by Gasteiger charge is -2.32. The maximum atomic E-state index is 12.2. The zero-order chi connectivity index (χ0) is 14.0. The molecule has 1 aliphatic rings. The molecule has 3 unspecified atom stereocenters. The van der Waals surface area contributed by atoms with Crippen LogP contribution in [0, 0.1) is 11.8 Å². The number of benzene rings is 1. The highest BCUT2D eigenvalue weighted by atomic mass is 35.5. The lowest BCUT2D eigenvalue weighted by Crippen LogP contribution is -2.39. The van der Waals surface area contributed by atoms with Crippen molar-refractivity contribution in [3.63, 3.8) is 0 Å². The van der Waals surface area contributed by atoms with Crippen molar-refractivity contribution in [3.05, 3.63) is 28.8 Å². The summed E-state index contributed by atoms with van der Waals surface area (Å²) >= 11 is 5.94. The van der Waals surface area contributed by atoms with Crippen LogP contribution in [-0.2, 0) is 0 Å². The summed E-state index contributed by atoms with van der Waals surface area (Å²) in [5, 5.41) is 3.52. The molecule has 0 heterocycles. The van der Waals surface area contributed by atoms with Gasteiger partial charge in [-0.05, 0) is 49.3 Å². The van der Waals surface area contributed by atoms with E-state index in [1.807, 2.05) is 0 Å². The van der Waals surface area contributed by atoms with Gasteiger partial charge in [-0.3, -0.25) is 4.79 Å². The zero-order valence-electron chi connectivity index (χ0n) is 11.4. The van der Waals surface area contributed by atoms with E-state index in [1.165, 1.54) is 6.42 Å². The first-order valence-electron chi connectivity index (χ1n) is 6.83. The molecule has 4 heteroatoms. The highest BCUT2D eigenvalue weighted by Crippen LogP contribution is 2.29. The Balaban J connectivity index is 1.99. The summed E-state index contributed by atoms with van der Waals surface area (Å²) in [6.45, 7) is 4.53. The molecule has 1 aliphatic carbocycles. The van der Waals surface area contributed by atoms with Crippen molar-refractivity contribution in [3.8, 4) is 0 Å². The van der Waals surface area contributed by atoms with Crippen molar-refractivity contribution in [1.82, 2.24) is 5.32 Å². The number of amides is 1. The van der Waals surface area contributed by atoms with Crippen LogP contribution in [0.5, 0.6) is 0 Å². The van der Waals surface area contributed by atoms with Gasteiger partial charge in [0, 0.05) is 11.6 Å². The molecule has 0 spiro atoms. The van der Waals surface area contributed by atoms with Crippen molar-refractivity contribution < 1.29 is 4.79 Å². The fourth-order valence-corrected chi connectivity index (χ4v) is 2.80. The average molecular weight is 281 g/mol. The van der Waals surface area contributed by atoms with Crippen LogP contribution < -0.4 is 11.1 Å². The Morgan fingerprint density at radius 3 is 2.68 bits per heavy atom. The van der Waals surface area contributed by atoms with E-state index in [2.05, 4.69) is 19.2 Å². The Morgan fingerprint density at radius 1 is 1.32 bits per heavy atom. The van der Waals surface area contributed by atoms with Crippen molar-refractivity contribution >= 4 is 23.2 Å². The fraction of sp³-hybridized carbons (Fsp3) is 0.533. The van der Waals surface area contributed by atoms with Crippen molar-refractivity contribution in [2.45, 2.75) is 39.2 Å². The monoisotopic (exact) mass is 280 g/mol. The summed E-state index contributed by atoms with van der Waals surface area (Å²) in [5.41, 5.74) is 6.72. The maximum Gasteiger partial charge on any atom is 0.251 e. The molecule has 0 saturated heterocycles. The summed E-state index contributed by atoms with van der Waals surface area (Å²) in [7, 11) is 0. The number of halogens is 1. The van der Waals surface area contributed by atoms with Crippen LogP contribution in [0.3, 0.4) is 0 Å². The molecule has 0 aliphatic heterocycles. The van der Waals surface area contributed by atoms with Crippen molar-refractivity contribution in [2.75, 3.05) is 5.73 Å². The van der Waals surface area contributed by atoms with Gasteiger partial charge in [-0.25, -0.2) is 0 Å². The molecule has 3 atom stereocenters. The molecule has 3 N–H and O–H groups in total. The minimum atomic E-state index is -0.0614. The molecule has 0 bridgehead atoms. The third-order valence-electron chi connectivity index (χ3n) is 4.20. The van der Waals surface area contributed by atoms with Gasteiger partial charge in [0.1, 0.15) is 0 Å². The molecule has 2 rings (SSSR count). The molecule has 1 amide bonds. The Bertz CT molecular complexity index is 475. The second-order valence-corrected chi connectivity index (χ2v) is 6.08. The van der Waals surface area contributed by atoms with Crippen molar-refractivity contribution in [1.29, 1.82) is 0 Å². The van der Waals surface area contributed by atoms with Crippen LogP contribution in [-0.4, -0.2) is 11.9 Å². The van der Waals surface area contributed by atoms with E-state index in [4.69, 9.17) is 17.3 Å². The van der Waals surface area contributed by atoms with E-state index >= 15 is 0 Å². The predicted octanol–water partition coefficient (Wildman–Crippen LogP) is 3.48. The van der Waals surface area contributed by atoms with Crippen LogP contribution in [0.2, 0.25) is 5.02 Å². The molecule has 0 radical (unpaired) electrons. The average Bonchev–Trinajstić information content (AvgIpc) is 2.37. The molecule has 1 aromatic carbocycles. The molecule has 1 aromatic rings. The van der Waals surface area contributed by atoms with Gasteiger partial charge in [-0.2, -0.15) is 0 Å². The SMILES string of the molecule is CC1CCC(NC(=O)c2ccc(N)c(Cl)c2)CC1C. The number of nitrogens with one attached hydrogen (secondary N) is 1. The first-order valence-corrected chi connectivity index (χ1v) is 7.21. The van der Waals surface area contributed by atoms with Crippen LogP contribution >= 0.6 is 11.6 Å². The summed E-state index contributed by atoms with van der Waals surface area (Å²) in [6, 6.07) is 5.28. The van der Waals surface area contributed by atoms with Gasteiger partial charge in [-0.15, -0.1) is 0 Å². The maximum absolute atomic E-state index is 12.2. The second-order valence-electron chi connectivity index (χ2n) is 5.67. The number of hydrogen-bond donors (Lipinski definition) is 2. The molecule has 1 saturated carbocycles. The first kappa shape index (κ1) is 14.2. The van der Waals surface area contributed by atoms with Gasteiger partial charge in [0.15, 0.2) is 0 Å². The zero-order valence-corrected chi connectivity index (χ0v) is 12.2. The third kappa shape index (κ3) is 3.41. The normalized spacial score (nSPS) is 27.0. The molecule has 19 heavy (non-hydrogen) atoms. The number of carbonyl (C=O) groups is 1. The Labute approximate surface area is 119 Å². The summed E-state index contributed by atoms with van der Waals surface area (Å²) in [4.78, 5) is 12.2. The fourth-order valence-electron chi connectivity index (χ4n) is 2.62. The number of nitrogen functional groups attached to an aromatic ring is 1. The summed E-state index contributed by atoms with van der Waals surface area (Å²) in [6.07, 6.45) is 3.28. The number of rotatable bonds is 2. The van der Waals surface area contributed by atoms with Crippen LogP contribution in [0.1, 0.15) is 43.5 Å². The Hall–Kier alpha value is -1.22. The quantitative estimate of drug-likeness (QED) is 0.815. The minimum absolute atomic E-state index is 0.0614. The van der Waals surface area contributed by atoms with Crippen LogP contribution in [0.4, 0.5) is 5.69 Å². The number of carbonyl (C=O) groups excluding carboxylic acids is 1. The highest BCUT2D eigenvalue weighted by molar-refractivity contribution is 6.33. The summed E-state index contributed by atoms with van der Waals surface area (Å²) < 4.78 is 0. The number of hydrogen-bond acceptors (Lipinski definition) is 2. The first-order chi connectivity index (χ1) is 8.97. The van der Waals surface area contributed by atoms with E-state index < -0.39 is 0 Å². The number of nitrogens with two attached hydrogens (primary N) is 1. The number of anilines is 1. The topological polar surface area (TPSA) is 55.1 Å². The lowest BCUT2D eigenvalue weighted by molar-refractivity contribution is 0.0910. The van der Waals surface area contributed by atoms with Gasteiger partial charge in [0.05, 0.1) is 10.7 Å². The van der Waals surface area contributed by atoms with E-state index in [-0.39, 0.29) is 11.9 Å². The van der Waals surface area contributed by atoms with E-state index in [9.17, 15) is 4.79 Å². The van der Waals surface area contributed by atoms with Gasteiger partial charge >= 0.3 is 0 Å². The molecule has 3 nitrogen and oxygen atoms in total. The molecule has 1 fully saturated rings. The van der Waals surface area contributed by atoms with Crippen LogP contribution in [0.25, 0.3) is 0 Å². The molecule has 0 aromatic heterocycles. The van der Waals surface area contributed by atoms with E-state index in [0.29, 0.717) is 22.2 Å². The predicted molar refractivity (Wildman–Crippen MR) is 79.3 cm³/mol.